The summed E-state index contributed by atoms with van der Waals surface area (Å²) in [5.41, 5.74) is 4.86. The molecule has 11 nitrogen and oxygen atoms in total. The van der Waals surface area contributed by atoms with Gasteiger partial charge < -0.3 is 34.2 Å². The average Bonchev–Trinajstić information content (AvgIpc) is 2.71. The Kier molecular flexibility index (Phi) is 11.8. The van der Waals surface area contributed by atoms with Gasteiger partial charge in [-0.3, -0.25) is 9.59 Å². The number of esters is 2. The number of hydrogen-bond donors (Lipinski definition) is 1. The zero-order valence-electron chi connectivity index (χ0n) is 22.9. The minimum atomic E-state index is -1.07. The number of carbonyl (C=O) groups is 4. The first-order chi connectivity index (χ1) is 17.0. The van der Waals surface area contributed by atoms with E-state index in [1.54, 1.807) is 54.5 Å². The topological polar surface area (TPSA) is 150 Å². The van der Waals surface area contributed by atoms with Crippen molar-refractivity contribution < 1.29 is 47.6 Å². The summed E-state index contributed by atoms with van der Waals surface area (Å²) in [4.78, 5) is 48.3. The van der Waals surface area contributed by atoms with Crippen LogP contribution in [0.15, 0.2) is 18.2 Å². The van der Waals surface area contributed by atoms with Gasteiger partial charge in [-0.2, -0.15) is 0 Å². The molecule has 0 fully saturated rings. The molecule has 0 bridgehead atoms. The first kappa shape index (κ1) is 31.7. The standard InChI is InChI=1S/C26H39NO10/c1-9-10-21(28)32-15-16(2)33-22(29)18(27)13-17-11-12-19(34-23(30)36-25(3,4)5)20(14-17)35-24(31)37-26(6,7)8/h11-12,14,16,18H,9-10,13,15,27H2,1-8H3/t16-,18-/m0/s1. The van der Waals surface area contributed by atoms with Crippen LogP contribution in [0.25, 0.3) is 0 Å². The van der Waals surface area contributed by atoms with E-state index >= 15 is 0 Å². The molecule has 0 saturated carbocycles. The summed E-state index contributed by atoms with van der Waals surface area (Å²) in [7, 11) is 0. The Labute approximate surface area is 217 Å². The van der Waals surface area contributed by atoms with Gasteiger partial charge in [-0.1, -0.05) is 13.0 Å². The molecule has 0 aliphatic heterocycles. The van der Waals surface area contributed by atoms with E-state index in [9.17, 15) is 19.2 Å². The van der Waals surface area contributed by atoms with Gasteiger partial charge >= 0.3 is 24.2 Å². The second-order valence-electron chi connectivity index (χ2n) is 10.4. The van der Waals surface area contributed by atoms with Crippen molar-refractivity contribution in [2.24, 2.45) is 5.73 Å². The van der Waals surface area contributed by atoms with E-state index in [2.05, 4.69) is 0 Å². The monoisotopic (exact) mass is 525 g/mol. The van der Waals surface area contributed by atoms with Gasteiger partial charge in [0, 0.05) is 6.42 Å². The van der Waals surface area contributed by atoms with Crippen LogP contribution in [0.2, 0.25) is 0 Å². The second kappa shape index (κ2) is 13.8. The van der Waals surface area contributed by atoms with E-state index in [-0.39, 0.29) is 36.9 Å². The fraction of sp³-hybridized carbons (Fsp3) is 0.615. The van der Waals surface area contributed by atoms with Crippen LogP contribution in [0.3, 0.4) is 0 Å². The van der Waals surface area contributed by atoms with Gasteiger partial charge in [0.1, 0.15) is 30.0 Å². The summed E-state index contributed by atoms with van der Waals surface area (Å²) in [6, 6.07) is 3.25. The lowest BCUT2D eigenvalue weighted by molar-refractivity contribution is -0.159. The molecule has 0 saturated heterocycles. The lowest BCUT2D eigenvalue weighted by Gasteiger charge is -2.21. The summed E-state index contributed by atoms with van der Waals surface area (Å²) >= 11 is 0. The van der Waals surface area contributed by atoms with Crippen LogP contribution in [0.5, 0.6) is 11.5 Å². The number of rotatable bonds is 10. The van der Waals surface area contributed by atoms with E-state index in [4.69, 9.17) is 34.2 Å². The van der Waals surface area contributed by atoms with E-state index in [0.29, 0.717) is 12.0 Å². The third-order valence-corrected chi connectivity index (χ3v) is 4.18. The SMILES string of the molecule is CCCC(=O)OC[C@H](C)OC(=O)[C@@H](N)Cc1ccc(OC(=O)OC(C)(C)C)c(OC(=O)OC(C)(C)C)c1. The van der Waals surface area contributed by atoms with Crippen molar-refractivity contribution in [3.63, 3.8) is 0 Å². The molecule has 37 heavy (non-hydrogen) atoms. The third-order valence-electron chi connectivity index (χ3n) is 4.18. The van der Waals surface area contributed by atoms with Gasteiger partial charge in [0.05, 0.1) is 0 Å². The van der Waals surface area contributed by atoms with Crippen molar-refractivity contribution in [2.75, 3.05) is 6.61 Å². The summed E-state index contributed by atoms with van der Waals surface area (Å²) in [6.07, 6.45) is -1.76. The van der Waals surface area contributed by atoms with Crippen LogP contribution in [0.1, 0.15) is 73.8 Å². The highest BCUT2D eigenvalue weighted by molar-refractivity contribution is 5.76. The van der Waals surface area contributed by atoms with Gasteiger partial charge in [-0.15, -0.1) is 0 Å². The molecule has 0 amide bonds. The molecule has 0 spiro atoms. The van der Waals surface area contributed by atoms with Gasteiger partial charge in [0.2, 0.25) is 0 Å². The Morgan fingerprint density at radius 3 is 1.95 bits per heavy atom. The molecule has 1 rings (SSSR count). The van der Waals surface area contributed by atoms with Crippen LogP contribution >= 0.6 is 0 Å². The third kappa shape index (κ3) is 13.5. The lowest BCUT2D eigenvalue weighted by Crippen LogP contribution is -2.37. The Morgan fingerprint density at radius 1 is 0.892 bits per heavy atom. The maximum absolute atomic E-state index is 12.4. The predicted octanol–water partition coefficient (Wildman–Crippen LogP) is 4.46. The van der Waals surface area contributed by atoms with Crippen LogP contribution in [0.4, 0.5) is 9.59 Å². The second-order valence-corrected chi connectivity index (χ2v) is 10.4. The summed E-state index contributed by atoms with van der Waals surface area (Å²) in [5, 5.41) is 0. The number of nitrogens with two attached hydrogens (primary N) is 1. The molecule has 0 aromatic heterocycles. The Balaban J connectivity index is 2.95. The summed E-state index contributed by atoms with van der Waals surface area (Å²) < 4.78 is 31.1. The Morgan fingerprint density at radius 2 is 1.43 bits per heavy atom. The summed E-state index contributed by atoms with van der Waals surface area (Å²) in [5.74, 6) is -1.31. The molecule has 11 heteroatoms. The van der Waals surface area contributed by atoms with E-state index in [1.807, 2.05) is 6.92 Å². The van der Waals surface area contributed by atoms with Crippen molar-refractivity contribution in [1.29, 1.82) is 0 Å². The van der Waals surface area contributed by atoms with Crippen molar-refractivity contribution >= 4 is 24.2 Å². The molecule has 1 aromatic carbocycles. The Bertz CT molecular complexity index is 946. The molecule has 0 unspecified atom stereocenters. The minimum Gasteiger partial charge on any atom is -0.462 e. The molecule has 0 heterocycles. The zero-order chi connectivity index (χ0) is 28.4. The molecule has 0 aliphatic rings. The predicted molar refractivity (Wildman–Crippen MR) is 133 cm³/mol. The highest BCUT2D eigenvalue weighted by Gasteiger charge is 2.25. The maximum atomic E-state index is 12.4. The van der Waals surface area contributed by atoms with Gasteiger partial charge in [0.15, 0.2) is 11.5 Å². The Hall–Kier alpha value is -3.34. The number of carbonyl (C=O) groups excluding carboxylic acids is 4. The van der Waals surface area contributed by atoms with E-state index in [0.717, 1.165) is 0 Å². The van der Waals surface area contributed by atoms with Crippen molar-refractivity contribution in [1.82, 2.24) is 0 Å². The molecule has 208 valence electrons. The van der Waals surface area contributed by atoms with Gasteiger partial charge in [-0.25, -0.2) is 9.59 Å². The van der Waals surface area contributed by atoms with Crippen LogP contribution in [-0.4, -0.2) is 54.2 Å². The largest absolute Gasteiger partial charge is 0.514 e. The molecular formula is C26H39NO10. The molecule has 0 radical (unpaired) electrons. The van der Waals surface area contributed by atoms with Crippen LogP contribution in [0, 0.1) is 0 Å². The smallest absolute Gasteiger partial charge is 0.462 e. The lowest BCUT2D eigenvalue weighted by atomic mass is 10.1. The van der Waals surface area contributed by atoms with Crippen LogP contribution < -0.4 is 15.2 Å². The minimum absolute atomic E-state index is 0.0125. The summed E-state index contributed by atoms with van der Waals surface area (Å²) in [6.45, 7) is 13.4. The molecule has 2 N–H and O–H groups in total. The van der Waals surface area contributed by atoms with Crippen LogP contribution in [-0.2, 0) is 35.0 Å². The van der Waals surface area contributed by atoms with Gasteiger partial charge in [0.25, 0.3) is 0 Å². The quantitative estimate of drug-likeness (QED) is 0.262. The normalized spacial score (nSPS) is 13.1. The van der Waals surface area contributed by atoms with E-state index in [1.165, 1.54) is 12.1 Å². The molecule has 0 aliphatic carbocycles. The van der Waals surface area contributed by atoms with Gasteiger partial charge in [-0.05, 0) is 79.0 Å². The first-order valence-corrected chi connectivity index (χ1v) is 12.1. The fourth-order valence-electron chi connectivity index (χ4n) is 2.71. The number of benzene rings is 1. The highest BCUT2D eigenvalue weighted by atomic mass is 16.8. The molecule has 1 aromatic rings. The average molecular weight is 526 g/mol. The van der Waals surface area contributed by atoms with E-state index < -0.39 is 41.6 Å². The van der Waals surface area contributed by atoms with Crippen molar-refractivity contribution in [2.45, 2.75) is 98.0 Å². The molecular weight excluding hydrogens is 486 g/mol. The zero-order valence-corrected chi connectivity index (χ0v) is 22.9. The van der Waals surface area contributed by atoms with Crippen molar-refractivity contribution in [3.05, 3.63) is 23.8 Å². The highest BCUT2D eigenvalue weighted by Crippen LogP contribution is 2.31. The first-order valence-electron chi connectivity index (χ1n) is 12.1. The fourth-order valence-corrected chi connectivity index (χ4v) is 2.71. The maximum Gasteiger partial charge on any atom is 0.514 e. The number of ether oxygens (including phenoxy) is 6. The van der Waals surface area contributed by atoms with Crippen molar-refractivity contribution in [3.8, 4) is 11.5 Å². The number of hydrogen-bond acceptors (Lipinski definition) is 11. The molecule has 2 atom stereocenters.